The van der Waals surface area contributed by atoms with Crippen molar-refractivity contribution in [3.8, 4) is 0 Å². The van der Waals surface area contributed by atoms with E-state index < -0.39 is 0 Å². The molecule has 3 heteroatoms. The Morgan fingerprint density at radius 3 is 2.95 bits per heavy atom. The lowest BCUT2D eigenvalue weighted by Gasteiger charge is -2.18. The number of nitrogens with one attached hydrogen (secondary N) is 1. The summed E-state index contributed by atoms with van der Waals surface area (Å²) in [7, 11) is 0. The molecule has 3 nitrogen and oxygen atoms in total. The van der Waals surface area contributed by atoms with Gasteiger partial charge in [-0.25, -0.2) is 0 Å². The number of pyridine rings is 1. The first kappa shape index (κ1) is 13.8. The number of hydrogen-bond donors (Lipinski definition) is 1. The molecule has 108 valence electrons. The third-order valence-corrected chi connectivity index (χ3v) is 4.00. The summed E-state index contributed by atoms with van der Waals surface area (Å²) in [6.45, 7) is 3.12. The van der Waals surface area contributed by atoms with E-state index in [1.165, 1.54) is 16.8 Å². The van der Waals surface area contributed by atoms with Crippen molar-refractivity contribution in [3.05, 3.63) is 58.9 Å². The van der Waals surface area contributed by atoms with Crippen LogP contribution in [0, 0.1) is 0 Å². The van der Waals surface area contributed by atoms with Gasteiger partial charge in [0, 0.05) is 29.7 Å². The molecule has 0 spiro atoms. The van der Waals surface area contributed by atoms with E-state index in [1.54, 1.807) is 0 Å². The molecule has 0 radical (unpaired) electrons. The molecule has 21 heavy (non-hydrogen) atoms. The minimum atomic E-state index is 0.139. The van der Waals surface area contributed by atoms with Gasteiger partial charge in [0.1, 0.15) is 0 Å². The maximum absolute atomic E-state index is 12.4. The molecule has 1 aliphatic heterocycles. The van der Waals surface area contributed by atoms with Crippen molar-refractivity contribution >= 4 is 11.5 Å². The molecule has 3 rings (SSSR count). The van der Waals surface area contributed by atoms with Gasteiger partial charge in [0.25, 0.3) is 0 Å². The van der Waals surface area contributed by atoms with Gasteiger partial charge in [0.2, 0.25) is 0 Å². The van der Waals surface area contributed by atoms with Crippen LogP contribution in [0.5, 0.6) is 0 Å². The number of nitrogens with zero attached hydrogens (tertiary/aromatic N) is 1. The second-order valence-corrected chi connectivity index (χ2v) is 5.51. The number of Topliss-reactive ketones (excluding diaryl/α,β-unsaturated/α-hetero) is 1. The highest BCUT2D eigenvalue weighted by Gasteiger charge is 2.13. The monoisotopic (exact) mass is 280 g/mol. The Hall–Kier alpha value is -2.16. The predicted octanol–water partition coefficient (Wildman–Crippen LogP) is 3.43. The quantitative estimate of drug-likeness (QED) is 0.872. The Labute approximate surface area is 125 Å². The molecule has 2 heterocycles. The van der Waals surface area contributed by atoms with Gasteiger partial charge in [0.05, 0.1) is 6.42 Å². The number of benzene rings is 1. The second-order valence-electron chi connectivity index (χ2n) is 5.51. The standard InChI is InChI=1S/C18H20N2O/c1-2-13-5-7-16(20-12-13)11-18(21)15-6-8-17-14(10-15)4-3-9-19-17/h5-8,10,12,19H,2-4,9,11H2,1H3. The largest absolute Gasteiger partial charge is 0.385 e. The molecule has 0 bridgehead atoms. The van der Waals surface area contributed by atoms with Crippen molar-refractivity contribution in [1.29, 1.82) is 0 Å². The maximum Gasteiger partial charge on any atom is 0.168 e. The molecule has 1 aromatic heterocycles. The highest BCUT2D eigenvalue weighted by Crippen LogP contribution is 2.23. The van der Waals surface area contributed by atoms with Gasteiger partial charge in [-0.2, -0.15) is 0 Å². The summed E-state index contributed by atoms with van der Waals surface area (Å²) < 4.78 is 0. The Balaban J connectivity index is 1.75. The van der Waals surface area contributed by atoms with Gasteiger partial charge in [-0.3, -0.25) is 9.78 Å². The minimum Gasteiger partial charge on any atom is -0.385 e. The Morgan fingerprint density at radius 2 is 2.19 bits per heavy atom. The average molecular weight is 280 g/mol. The van der Waals surface area contributed by atoms with Crippen molar-refractivity contribution in [2.24, 2.45) is 0 Å². The fraction of sp³-hybridized carbons (Fsp3) is 0.333. The van der Waals surface area contributed by atoms with Crippen LogP contribution >= 0.6 is 0 Å². The summed E-state index contributed by atoms with van der Waals surface area (Å²) in [5.74, 6) is 0.139. The second kappa shape index (κ2) is 6.08. The number of rotatable bonds is 4. The maximum atomic E-state index is 12.4. The normalized spacial score (nSPS) is 13.4. The summed E-state index contributed by atoms with van der Waals surface area (Å²) in [5.41, 5.74) is 5.25. The summed E-state index contributed by atoms with van der Waals surface area (Å²) in [4.78, 5) is 16.8. The first-order valence-corrected chi connectivity index (χ1v) is 7.60. The Morgan fingerprint density at radius 1 is 1.29 bits per heavy atom. The van der Waals surface area contributed by atoms with Crippen LogP contribution in [0.1, 0.15) is 40.5 Å². The molecule has 0 unspecified atom stereocenters. The third kappa shape index (κ3) is 3.13. The van der Waals surface area contributed by atoms with Crippen LogP contribution in [0.15, 0.2) is 36.5 Å². The first-order chi connectivity index (χ1) is 10.3. The summed E-state index contributed by atoms with van der Waals surface area (Å²) in [6.07, 6.45) is 5.38. The van der Waals surface area contributed by atoms with Crippen LogP contribution in [-0.2, 0) is 19.3 Å². The van der Waals surface area contributed by atoms with Gasteiger partial charge in [0.15, 0.2) is 5.78 Å². The van der Waals surface area contributed by atoms with Crippen LogP contribution in [0.4, 0.5) is 5.69 Å². The summed E-state index contributed by atoms with van der Waals surface area (Å²) >= 11 is 0. The van der Waals surface area contributed by atoms with Gasteiger partial charge in [-0.05, 0) is 54.7 Å². The van der Waals surface area contributed by atoms with Gasteiger partial charge >= 0.3 is 0 Å². The van der Waals surface area contributed by atoms with Crippen molar-refractivity contribution in [1.82, 2.24) is 4.98 Å². The van der Waals surface area contributed by atoms with E-state index in [0.717, 1.165) is 37.1 Å². The topological polar surface area (TPSA) is 42.0 Å². The van der Waals surface area contributed by atoms with Crippen LogP contribution in [-0.4, -0.2) is 17.3 Å². The highest BCUT2D eigenvalue weighted by molar-refractivity contribution is 5.98. The Bertz CT molecular complexity index is 647. The van der Waals surface area contributed by atoms with Crippen LogP contribution in [0.3, 0.4) is 0 Å². The van der Waals surface area contributed by atoms with Gasteiger partial charge in [-0.15, -0.1) is 0 Å². The number of aryl methyl sites for hydroxylation is 2. The number of anilines is 1. The highest BCUT2D eigenvalue weighted by atomic mass is 16.1. The molecular formula is C18H20N2O. The lowest BCUT2D eigenvalue weighted by Crippen LogP contribution is -2.13. The Kier molecular flexibility index (Phi) is 4.00. The SMILES string of the molecule is CCc1ccc(CC(=O)c2ccc3c(c2)CCCN3)nc1. The molecule has 1 N–H and O–H groups in total. The van der Waals surface area contributed by atoms with E-state index in [-0.39, 0.29) is 5.78 Å². The van der Waals surface area contributed by atoms with Gasteiger partial charge in [-0.1, -0.05) is 13.0 Å². The molecule has 0 saturated heterocycles. The van der Waals surface area contributed by atoms with Crippen molar-refractivity contribution in [3.63, 3.8) is 0 Å². The van der Waals surface area contributed by atoms with E-state index in [4.69, 9.17) is 0 Å². The molecular weight excluding hydrogens is 260 g/mol. The molecule has 0 aliphatic carbocycles. The van der Waals surface area contributed by atoms with E-state index in [9.17, 15) is 4.79 Å². The zero-order chi connectivity index (χ0) is 14.7. The molecule has 1 aromatic carbocycles. The summed E-state index contributed by atoms with van der Waals surface area (Å²) in [5, 5.41) is 3.37. The van der Waals surface area contributed by atoms with E-state index in [1.807, 2.05) is 36.5 Å². The fourth-order valence-electron chi connectivity index (χ4n) is 2.68. The van der Waals surface area contributed by atoms with Crippen molar-refractivity contribution in [2.75, 3.05) is 11.9 Å². The lowest BCUT2D eigenvalue weighted by atomic mass is 9.97. The van der Waals surface area contributed by atoms with Crippen LogP contribution in [0.2, 0.25) is 0 Å². The zero-order valence-corrected chi connectivity index (χ0v) is 12.4. The summed E-state index contributed by atoms with van der Waals surface area (Å²) in [6, 6.07) is 9.97. The van der Waals surface area contributed by atoms with Gasteiger partial charge < -0.3 is 5.32 Å². The predicted molar refractivity (Wildman–Crippen MR) is 84.9 cm³/mol. The van der Waals surface area contributed by atoms with Crippen LogP contribution < -0.4 is 5.32 Å². The number of carbonyl (C=O) groups is 1. The van der Waals surface area contributed by atoms with E-state index >= 15 is 0 Å². The van der Waals surface area contributed by atoms with E-state index in [0.29, 0.717) is 6.42 Å². The lowest BCUT2D eigenvalue weighted by molar-refractivity contribution is 0.0992. The smallest absolute Gasteiger partial charge is 0.168 e. The number of hydrogen-bond acceptors (Lipinski definition) is 3. The molecule has 2 aromatic rings. The fourth-order valence-corrected chi connectivity index (χ4v) is 2.68. The number of carbonyl (C=O) groups excluding carboxylic acids is 1. The first-order valence-electron chi connectivity index (χ1n) is 7.60. The molecule has 0 saturated carbocycles. The molecule has 0 fully saturated rings. The molecule has 0 amide bonds. The van der Waals surface area contributed by atoms with Crippen molar-refractivity contribution in [2.45, 2.75) is 32.6 Å². The number of fused-ring (bicyclic) bond motifs is 1. The average Bonchev–Trinajstić information content (AvgIpc) is 2.55. The number of ketones is 1. The minimum absolute atomic E-state index is 0.139. The third-order valence-electron chi connectivity index (χ3n) is 4.00. The van der Waals surface area contributed by atoms with E-state index in [2.05, 4.69) is 17.2 Å². The number of aromatic nitrogens is 1. The zero-order valence-electron chi connectivity index (χ0n) is 12.4. The molecule has 1 aliphatic rings. The van der Waals surface area contributed by atoms with Crippen LogP contribution in [0.25, 0.3) is 0 Å². The molecule has 0 atom stereocenters. The van der Waals surface area contributed by atoms with Crippen molar-refractivity contribution < 1.29 is 4.79 Å².